The van der Waals surface area contributed by atoms with Crippen LogP contribution in [0.3, 0.4) is 0 Å². The Bertz CT molecular complexity index is 659. The van der Waals surface area contributed by atoms with Crippen LogP contribution in [-0.4, -0.2) is 21.5 Å². The van der Waals surface area contributed by atoms with Gasteiger partial charge in [0.15, 0.2) is 0 Å². The molecule has 0 fully saturated rings. The summed E-state index contributed by atoms with van der Waals surface area (Å²) in [5.41, 5.74) is 7.98. The summed E-state index contributed by atoms with van der Waals surface area (Å²) >= 11 is 4.90. The van der Waals surface area contributed by atoms with Gasteiger partial charge in [-0.3, -0.25) is 0 Å². The van der Waals surface area contributed by atoms with Crippen LogP contribution in [0.4, 0.5) is 16.0 Å². The van der Waals surface area contributed by atoms with Gasteiger partial charge in [-0.15, -0.1) is 0 Å². The van der Waals surface area contributed by atoms with Gasteiger partial charge in [-0.1, -0.05) is 18.3 Å². The molecule has 0 amide bonds. The molecule has 1 aliphatic heterocycles. The van der Waals surface area contributed by atoms with Crippen molar-refractivity contribution < 1.29 is 4.39 Å². The van der Waals surface area contributed by atoms with Crippen molar-refractivity contribution in [3.63, 3.8) is 0 Å². The predicted octanol–water partition coefficient (Wildman–Crippen LogP) is 1.94. The molecular weight excluding hydrogens is 263 g/mol. The Hall–Kier alpha value is -2.08. The third-order valence-corrected chi connectivity index (χ3v) is 3.29. The molecule has 19 heavy (non-hydrogen) atoms. The lowest BCUT2D eigenvalue weighted by molar-refractivity contribution is 0.628. The van der Waals surface area contributed by atoms with Crippen LogP contribution in [0, 0.1) is 5.82 Å². The Morgan fingerprint density at radius 2 is 2.21 bits per heavy atom. The zero-order chi connectivity index (χ0) is 13.4. The van der Waals surface area contributed by atoms with E-state index in [2.05, 4.69) is 9.97 Å². The van der Waals surface area contributed by atoms with Gasteiger partial charge >= 0.3 is 0 Å². The first-order chi connectivity index (χ1) is 9.15. The highest BCUT2D eigenvalue weighted by Crippen LogP contribution is 2.32. The summed E-state index contributed by atoms with van der Waals surface area (Å²) in [5.74, 6) is 0.228. The molecule has 2 aromatic rings. The van der Waals surface area contributed by atoms with Crippen LogP contribution < -0.4 is 10.6 Å². The van der Waals surface area contributed by atoms with Crippen LogP contribution in [0.15, 0.2) is 30.5 Å². The van der Waals surface area contributed by atoms with Gasteiger partial charge in [-0.2, -0.15) is 0 Å². The number of thiocarbonyl (C=S) groups is 1. The van der Waals surface area contributed by atoms with E-state index in [9.17, 15) is 4.39 Å². The number of hydrogen-bond donors (Lipinski definition) is 1. The monoisotopic (exact) mass is 274 g/mol. The lowest BCUT2D eigenvalue weighted by Crippen LogP contribution is -2.19. The number of nitrogens with zero attached hydrogens (tertiary/aromatic N) is 3. The molecule has 0 atom stereocenters. The summed E-state index contributed by atoms with van der Waals surface area (Å²) in [4.78, 5) is 10.6. The fourth-order valence-corrected chi connectivity index (χ4v) is 2.29. The van der Waals surface area contributed by atoms with Crippen LogP contribution in [-0.2, 0) is 6.42 Å². The standard InChI is InChI=1S/C13H11FN4S/c14-9-2-1-8-4-6-18(11(8)7-9)13-16-5-3-10(17-13)12(15)19/h1-3,5,7H,4,6H2,(H2,15,19). The maximum Gasteiger partial charge on any atom is 0.230 e. The number of halogens is 1. The third-order valence-electron chi connectivity index (χ3n) is 3.08. The van der Waals surface area contributed by atoms with Crippen molar-refractivity contribution in [2.24, 2.45) is 5.73 Å². The number of nitrogens with two attached hydrogens (primary N) is 1. The van der Waals surface area contributed by atoms with E-state index in [4.69, 9.17) is 18.0 Å². The van der Waals surface area contributed by atoms with Crippen LogP contribution >= 0.6 is 12.2 Å². The number of fused-ring (bicyclic) bond motifs is 1. The molecule has 0 radical (unpaired) electrons. The van der Waals surface area contributed by atoms with Gasteiger partial charge < -0.3 is 10.6 Å². The van der Waals surface area contributed by atoms with E-state index in [1.807, 2.05) is 4.90 Å². The number of aromatic nitrogens is 2. The third kappa shape index (κ3) is 2.15. The van der Waals surface area contributed by atoms with Crippen molar-refractivity contribution in [2.45, 2.75) is 6.42 Å². The van der Waals surface area contributed by atoms with E-state index >= 15 is 0 Å². The average Bonchev–Trinajstić information content (AvgIpc) is 2.81. The van der Waals surface area contributed by atoms with Gasteiger partial charge in [0.05, 0.1) is 5.69 Å². The minimum absolute atomic E-state index is 0.224. The van der Waals surface area contributed by atoms with E-state index in [0.29, 0.717) is 11.6 Å². The number of anilines is 2. The molecule has 0 spiro atoms. The Morgan fingerprint density at radius 1 is 1.37 bits per heavy atom. The number of benzene rings is 1. The fraction of sp³-hybridized carbons (Fsp3) is 0.154. The molecule has 96 valence electrons. The molecule has 0 aliphatic carbocycles. The van der Waals surface area contributed by atoms with Gasteiger partial charge in [-0.05, 0) is 30.2 Å². The highest BCUT2D eigenvalue weighted by molar-refractivity contribution is 7.80. The first kappa shape index (κ1) is 12.0. The summed E-state index contributed by atoms with van der Waals surface area (Å²) in [6, 6.07) is 6.42. The second-order valence-electron chi connectivity index (χ2n) is 4.28. The zero-order valence-electron chi connectivity index (χ0n) is 10.0. The van der Waals surface area contributed by atoms with Gasteiger partial charge in [0, 0.05) is 12.7 Å². The van der Waals surface area contributed by atoms with Crippen molar-refractivity contribution in [3.05, 3.63) is 47.5 Å². The Kier molecular flexibility index (Phi) is 2.87. The minimum atomic E-state index is -0.267. The van der Waals surface area contributed by atoms with Crippen LogP contribution in [0.1, 0.15) is 11.3 Å². The average molecular weight is 274 g/mol. The molecule has 1 aromatic heterocycles. The predicted molar refractivity (Wildman–Crippen MR) is 75.0 cm³/mol. The molecule has 6 heteroatoms. The van der Waals surface area contributed by atoms with Gasteiger partial charge in [0.1, 0.15) is 16.5 Å². The van der Waals surface area contributed by atoms with Crippen molar-refractivity contribution in [1.29, 1.82) is 0 Å². The topological polar surface area (TPSA) is 55.0 Å². The molecule has 3 rings (SSSR count). The van der Waals surface area contributed by atoms with E-state index in [1.165, 1.54) is 12.1 Å². The maximum absolute atomic E-state index is 13.4. The van der Waals surface area contributed by atoms with Crippen molar-refractivity contribution in [1.82, 2.24) is 9.97 Å². The van der Waals surface area contributed by atoms with Crippen LogP contribution in [0.25, 0.3) is 0 Å². The quantitative estimate of drug-likeness (QED) is 0.848. The van der Waals surface area contributed by atoms with Crippen molar-refractivity contribution >= 4 is 28.8 Å². The SMILES string of the molecule is NC(=S)c1ccnc(N2CCc3ccc(F)cc32)n1. The second-order valence-corrected chi connectivity index (χ2v) is 4.72. The van der Waals surface area contributed by atoms with E-state index in [0.717, 1.165) is 24.2 Å². The molecule has 0 saturated heterocycles. The smallest absolute Gasteiger partial charge is 0.230 e. The fourth-order valence-electron chi connectivity index (χ4n) is 2.18. The normalized spacial score (nSPS) is 13.4. The Labute approximate surface area is 115 Å². The Morgan fingerprint density at radius 3 is 3.00 bits per heavy atom. The van der Waals surface area contributed by atoms with Crippen molar-refractivity contribution in [2.75, 3.05) is 11.4 Å². The molecule has 2 N–H and O–H groups in total. The molecule has 0 saturated carbocycles. The Balaban J connectivity index is 2.04. The lowest BCUT2D eigenvalue weighted by Gasteiger charge is -2.17. The molecule has 4 nitrogen and oxygen atoms in total. The van der Waals surface area contributed by atoms with Gasteiger partial charge in [-0.25, -0.2) is 14.4 Å². The molecule has 2 heterocycles. The van der Waals surface area contributed by atoms with Crippen LogP contribution in [0.5, 0.6) is 0 Å². The summed E-state index contributed by atoms with van der Waals surface area (Å²) < 4.78 is 13.4. The lowest BCUT2D eigenvalue weighted by atomic mass is 10.2. The minimum Gasteiger partial charge on any atom is -0.388 e. The van der Waals surface area contributed by atoms with Crippen LogP contribution in [0.2, 0.25) is 0 Å². The molecule has 0 bridgehead atoms. The largest absolute Gasteiger partial charge is 0.388 e. The zero-order valence-corrected chi connectivity index (χ0v) is 10.8. The maximum atomic E-state index is 13.4. The molecular formula is C13H11FN4S. The first-order valence-corrected chi connectivity index (χ1v) is 6.25. The highest BCUT2D eigenvalue weighted by Gasteiger charge is 2.23. The molecule has 1 aliphatic rings. The first-order valence-electron chi connectivity index (χ1n) is 5.84. The second kappa shape index (κ2) is 4.55. The summed E-state index contributed by atoms with van der Waals surface area (Å²) in [6.07, 6.45) is 2.45. The van der Waals surface area contributed by atoms with E-state index in [1.54, 1.807) is 18.3 Å². The van der Waals surface area contributed by atoms with Gasteiger partial charge in [0.2, 0.25) is 5.95 Å². The molecule has 0 unspecified atom stereocenters. The highest BCUT2D eigenvalue weighted by atomic mass is 32.1. The summed E-state index contributed by atoms with van der Waals surface area (Å²) in [5, 5.41) is 0. The summed E-state index contributed by atoms with van der Waals surface area (Å²) in [6.45, 7) is 0.722. The number of rotatable bonds is 2. The van der Waals surface area contributed by atoms with Crippen molar-refractivity contribution in [3.8, 4) is 0 Å². The number of hydrogen-bond acceptors (Lipinski definition) is 4. The molecule has 1 aromatic carbocycles. The van der Waals surface area contributed by atoms with E-state index in [-0.39, 0.29) is 10.8 Å². The summed E-state index contributed by atoms with van der Waals surface area (Å²) in [7, 11) is 0. The van der Waals surface area contributed by atoms with E-state index < -0.39 is 0 Å². The van der Waals surface area contributed by atoms with Gasteiger partial charge in [0.25, 0.3) is 0 Å².